The molecule has 7 aromatic carbocycles. The Hall–Kier alpha value is -8.00. The summed E-state index contributed by atoms with van der Waals surface area (Å²) in [5.74, 6) is -1.30. The van der Waals surface area contributed by atoms with Gasteiger partial charge in [-0.1, -0.05) is 12.1 Å². The Kier molecular flexibility index (Phi) is 51.0. The number of ether oxygens (including phenoxy) is 9. The van der Waals surface area contributed by atoms with Crippen molar-refractivity contribution in [3.05, 3.63) is 198 Å². The lowest BCUT2D eigenvalue weighted by molar-refractivity contribution is -0.386. The van der Waals surface area contributed by atoms with Crippen LogP contribution >= 0.6 is 87.8 Å². The number of carboxylic acids is 1. The van der Waals surface area contributed by atoms with Gasteiger partial charge >= 0.3 is 32.4 Å². The Morgan fingerprint density at radius 1 is 0.487 bits per heavy atom. The van der Waals surface area contributed by atoms with E-state index in [2.05, 4.69) is 30.2 Å². The number of sulfonamides is 3. The zero-order valence-corrected chi connectivity index (χ0v) is 74.3. The van der Waals surface area contributed by atoms with Gasteiger partial charge in [-0.3, -0.25) is 39.7 Å². The van der Waals surface area contributed by atoms with Crippen LogP contribution in [-0.4, -0.2) is 191 Å². The third kappa shape index (κ3) is 38.7. The van der Waals surface area contributed by atoms with Crippen LogP contribution in [0.4, 0.5) is 37.2 Å². The molecule has 52 heteroatoms. The van der Waals surface area contributed by atoms with Gasteiger partial charge in [-0.2, -0.15) is 62.4 Å². The minimum Gasteiger partial charge on any atom is -0.495 e. The summed E-state index contributed by atoms with van der Waals surface area (Å²) in [5, 5.41) is 42.9. The number of carboxylic acid groups (broad SMARTS) is 1. The summed E-state index contributed by atoms with van der Waals surface area (Å²) >= 11 is 0. The lowest BCUT2D eigenvalue weighted by Crippen LogP contribution is -2.35. The average molecular weight is 1920 g/mol. The van der Waals surface area contributed by atoms with Crippen molar-refractivity contribution < 1.29 is 129 Å². The number of rotatable bonds is 21. The molecule has 0 aliphatic carbocycles. The number of halogens is 5. The normalized spacial score (nSPS) is 15.5. The molecule has 0 bridgehead atoms. The Bertz CT molecular complexity index is 5090. The van der Waals surface area contributed by atoms with Gasteiger partial charge in [-0.05, 0) is 154 Å². The first kappa shape index (κ1) is 113. The number of nitrogen functional groups attached to an aromatic ring is 1. The highest BCUT2D eigenvalue weighted by Crippen LogP contribution is 2.33. The van der Waals surface area contributed by atoms with Crippen molar-refractivity contribution >= 4 is 177 Å². The fraction of sp³-hybridized carbons (Fsp3) is 0.343. The van der Waals surface area contributed by atoms with E-state index in [9.17, 15) is 82.4 Å². The monoisotopic (exact) mass is 1920 g/mol. The predicted molar refractivity (Wildman–Crippen MR) is 460 cm³/mol. The van der Waals surface area contributed by atoms with Gasteiger partial charge in [0.2, 0.25) is 30.1 Å². The molecule has 4 aliphatic heterocycles. The third-order valence-corrected chi connectivity index (χ3v) is 21.3. The molecule has 10 N–H and O–H groups in total. The quantitative estimate of drug-likeness (QED) is 0.0109. The van der Waals surface area contributed by atoms with Crippen molar-refractivity contribution in [1.82, 2.24) is 14.2 Å². The Labute approximate surface area is 729 Å². The number of nitrogens with two attached hydrogens (primary N) is 2. The van der Waals surface area contributed by atoms with Crippen LogP contribution in [0.3, 0.4) is 0 Å². The lowest BCUT2D eigenvalue weighted by atomic mass is 10.1. The smallest absolute Gasteiger partial charge is 0.353 e. The maximum absolute atomic E-state index is 13.4. The summed E-state index contributed by atoms with van der Waals surface area (Å²) < 4.78 is 199. The van der Waals surface area contributed by atoms with Crippen molar-refractivity contribution in [3.63, 3.8) is 0 Å². The van der Waals surface area contributed by atoms with E-state index in [0.29, 0.717) is 93.3 Å². The molecule has 4 atom stereocenters. The van der Waals surface area contributed by atoms with Crippen molar-refractivity contribution in [2.75, 3.05) is 99.5 Å². The van der Waals surface area contributed by atoms with Gasteiger partial charge < -0.3 is 64.5 Å². The minimum atomic E-state index is -4.19. The fourth-order valence-corrected chi connectivity index (χ4v) is 14.2. The molecule has 4 heterocycles. The lowest BCUT2D eigenvalue weighted by Gasteiger charge is -2.15. The molecular weight excluding hydrogens is 1830 g/mol. The predicted octanol–water partition coefficient (Wildman–Crippen LogP) is 9.33. The summed E-state index contributed by atoms with van der Waals surface area (Å²) in [6, 6.07) is 28.7. The van der Waals surface area contributed by atoms with Crippen LogP contribution in [0.5, 0.6) is 28.7 Å². The van der Waals surface area contributed by atoms with Gasteiger partial charge in [0.1, 0.15) is 23.1 Å². The first-order valence-corrected chi connectivity index (χ1v) is 41.8. The number of nitro benzene ring substituents is 3. The van der Waals surface area contributed by atoms with Crippen LogP contribution in [0.15, 0.2) is 153 Å². The first-order chi connectivity index (χ1) is 53.4. The number of methoxy groups -OCH3 is 5. The zero-order chi connectivity index (χ0) is 85.5. The van der Waals surface area contributed by atoms with Gasteiger partial charge in [0.25, 0.3) is 15.0 Å². The first-order valence-electron chi connectivity index (χ1n) is 32.7. The van der Waals surface area contributed by atoms with Crippen molar-refractivity contribution in [3.8, 4) is 28.7 Å². The SMILES string of the molecule is COc1ccc(S(=O)(=O)Cl)cc1[N+](=O)[O-].COc1ccc(S(=O)(=O)N[C@@H]2CCOC2)cc1NC(=O)c1ccc(F)c(C)c1.COc1ccc(S(=O)(=O)N[C@H]2CCOC2)cc1N.COc1ccc(S(=O)(=O)N[C@H]2CCOC2)cc1[N+](=O)[O-].COc1ccccc1[N+](=O)[O-].Cc1cc(C(=O)O)ccc1F.Cl.N[C@H]1CCOC1.O=S(=O)(O)Cl.S.S.S.S.[HH]. The molecule has 0 aromatic heterocycles. The number of anilines is 2. The highest BCUT2D eigenvalue weighted by Gasteiger charge is 2.29. The van der Waals surface area contributed by atoms with Crippen LogP contribution in [0.25, 0.3) is 0 Å². The van der Waals surface area contributed by atoms with E-state index in [4.69, 9.17) is 82.9 Å². The van der Waals surface area contributed by atoms with E-state index in [-0.39, 0.29) is 151 Å². The largest absolute Gasteiger partial charge is 0.495 e. The molecule has 4 fully saturated rings. The van der Waals surface area contributed by atoms with Crippen LogP contribution in [0, 0.1) is 55.8 Å². The minimum absolute atomic E-state index is 0. The summed E-state index contributed by atoms with van der Waals surface area (Å²) in [5.41, 5.74) is 11.8. The fourth-order valence-electron chi connectivity index (χ4n) is 9.61. The number of nitrogens with one attached hydrogen (secondary N) is 4. The number of amides is 1. The Balaban J connectivity index is -0.00000135. The average Bonchev–Trinajstić information content (AvgIpc) is 1.39. The molecule has 1 amide bonds. The second-order valence-corrected chi connectivity index (χ2v) is 33.3. The Morgan fingerprint density at radius 3 is 1.15 bits per heavy atom. The number of carbonyl (C=O) groups is 2. The zero-order valence-electron chi connectivity index (χ0n) is 63.9. The molecule has 119 heavy (non-hydrogen) atoms. The van der Waals surface area contributed by atoms with Crippen LogP contribution in [0.1, 0.15) is 59.0 Å². The maximum Gasteiger partial charge on any atom is 0.353 e. The number of nitro groups is 3. The van der Waals surface area contributed by atoms with Gasteiger partial charge in [0.15, 0.2) is 17.2 Å². The second kappa shape index (κ2) is 53.7. The number of aryl methyl sites for hydroxylation is 2. The summed E-state index contributed by atoms with van der Waals surface area (Å²) in [6.45, 7) is 7.33. The van der Waals surface area contributed by atoms with Gasteiger partial charge in [0.05, 0.1) is 113 Å². The molecule has 38 nitrogen and oxygen atoms in total. The van der Waals surface area contributed by atoms with Crippen LogP contribution in [0.2, 0.25) is 0 Å². The van der Waals surface area contributed by atoms with E-state index in [0.717, 1.165) is 43.9 Å². The van der Waals surface area contributed by atoms with Crippen LogP contribution in [-0.2, 0) is 67.4 Å². The van der Waals surface area contributed by atoms with Gasteiger partial charge in [-0.25, -0.2) is 61.4 Å². The maximum atomic E-state index is 13.4. The van der Waals surface area contributed by atoms with E-state index >= 15 is 0 Å². The molecule has 4 aliphatic rings. The number of hydrogen-bond acceptors (Lipinski definition) is 29. The topological polar surface area (TPSA) is 558 Å². The molecule has 4 saturated heterocycles. The molecule has 0 radical (unpaired) electrons. The summed E-state index contributed by atoms with van der Waals surface area (Å²) in [4.78, 5) is 52.3. The van der Waals surface area contributed by atoms with Gasteiger partial charge in [0, 0.05) is 97.1 Å². The summed E-state index contributed by atoms with van der Waals surface area (Å²) in [7, 11) is -3.40. The number of aromatic carboxylic acids is 1. The number of nitrogens with zero attached hydrogens (tertiary/aromatic N) is 3. The van der Waals surface area contributed by atoms with Gasteiger partial charge in [-0.15, -0.1) is 12.4 Å². The molecule has 668 valence electrons. The number of benzene rings is 7. The summed E-state index contributed by atoms with van der Waals surface area (Å²) in [6.07, 6.45) is 2.91. The molecular formula is C67H92Cl3F2N9O29S9. The van der Waals surface area contributed by atoms with E-state index in [1.165, 1.54) is 133 Å². The van der Waals surface area contributed by atoms with Crippen LogP contribution < -0.4 is 54.6 Å². The van der Waals surface area contributed by atoms with Crippen molar-refractivity contribution in [2.45, 2.75) is 83.3 Å². The molecule has 11 rings (SSSR count). The number of para-hydroxylation sites is 2. The third-order valence-electron chi connectivity index (χ3n) is 15.4. The molecule has 0 spiro atoms. The van der Waals surface area contributed by atoms with Crippen molar-refractivity contribution in [1.29, 1.82) is 0 Å². The highest BCUT2D eigenvalue weighted by atomic mass is 35.7. The van der Waals surface area contributed by atoms with E-state index in [1.54, 1.807) is 25.1 Å². The highest BCUT2D eigenvalue weighted by molar-refractivity contribution is 8.13. The molecule has 0 unspecified atom stereocenters. The second-order valence-electron chi connectivity index (χ2n) is 23.6. The van der Waals surface area contributed by atoms with E-state index in [1.807, 2.05) is 0 Å². The number of hydrogen-bond donors (Lipinski definition) is 8. The Morgan fingerprint density at radius 2 is 0.824 bits per heavy atom. The number of carbonyl (C=O) groups excluding carboxylic acids is 1. The standard InChI is InChI=1S/C19H21FN2O5S.C11H14N2O6S.C11H16N2O4S.C8H7FO2.C7H6ClNO5S.C7H7NO3.C4H9NO.ClHO3S.ClH.4H2S.H2/c1-12-9-13(3-5-16(12)20)19(23)21-17-10-15(4-6-18(17)26-2)28(24,25)22-14-7-8-27-11-14;1-18-11-3-2-9(6-10(11)13(14)15)20(16,17)12-8-4-5-19-7-8;1-16-11-3-2-9(6-10(11)12)18(14,15)13-8-4-5-17-7-8;1-5-4-6(8(10)11)2-3-7(5)9;1-14-7-3-2-5(15(8,12)13)4-6(7)9(10)11;1-11-7-5-3-2-4-6(7)8(9)10;5-4-1-2-6-3-4;1-5(2,3)4;;;;;;/h3-6,9-10,14,22H,7-8,11H2,1-2H3,(H,21,23);2-3,6,8,12H,4-5,7H2,1H3;2-3,6,8,13H,4-5,7,12H2,1H3;2-4H,1H3,(H,10,11);2-4H,1H3;2-5H,1H3;4H,1-3,5H2;(H,2,3,4);1H;4*1H2;1H/t14-;2*8-;;;;4-;;;;;;;/m100...0......./s1. The molecule has 0 saturated carbocycles. The van der Waals surface area contributed by atoms with E-state index < -0.39 is 92.3 Å². The molecule has 7 aromatic rings. The van der Waals surface area contributed by atoms with Crippen molar-refractivity contribution in [2.24, 2.45) is 5.73 Å².